The Morgan fingerprint density at radius 3 is 2.18 bits per heavy atom. The number of halogens is 1. The summed E-state index contributed by atoms with van der Waals surface area (Å²) >= 11 is 0. The summed E-state index contributed by atoms with van der Waals surface area (Å²) in [6.45, 7) is 14.1. The van der Waals surface area contributed by atoms with Gasteiger partial charge in [-0.25, -0.2) is 4.39 Å². The van der Waals surface area contributed by atoms with Crippen LogP contribution in [0.25, 0.3) is 0 Å². The quantitative estimate of drug-likeness (QED) is 0.485. The van der Waals surface area contributed by atoms with Crippen molar-refractivity contribution in [3.05, 3.63) is 35.6 Å². The molecule has 0 fully saturated rings. The van der Waals surface area contributed by atoms with Crippen LogP contribution in [0.4, 0.5) is 4.39 Å². The standard InChI is InChI=1S/C15H24FN.C5H12/c1-3-5-6-11-17(10-4-2)13-14-8-7-9-15(16)12-14;1-4-5(2)3/h7-9,12H,3-6,10-11,13H2,1-2H3;5H,4H2,1-3H3. The number of hydrogen-bond acceptors (Lipinski definition) is 1. The fraction of sp³-hybridized carbons (Fsp3) is 0.700. The van der Waals surface area contributed by atoms with E-state index in [0.29, 0.717) is 0 Å². The normalized spacial score (nSPS) is 10.7. The van der Waals surface area contributed by atoms with Crippen molar-refractivity contribution < 1.29 is 4.39 Å². The highest BCUT2D eigenvalue weighted by Crippen LogP contribution is 2.09. The molecule has 0 bridgehead atoms. The third-order valence-corrected chi connectivity index (χ3v) is 3.73. The van der Waals surface area contributed by atoms with Gasteiger partial charge >= 0.3 is 0 Å². The summed E-state index contributed by atoms with van der Waals surface area (Å²) in [5, 5.41) is 0. The van der Waals surface area contributed by atoms with Gasteiger partial charge in [-0.3, -0.25) is 4.90 Å². The summed E-state index contributed by atoms with van der Waals surface area (Å²) in [5.74, 6) is 0.752. The second-order valence-corrected chi connectivity index (χ2v) is 6.42. The third kappa shape index (κ3) is 11.7. The van der Waals surface area contributed by atoms with Gasteiger partial charge in [0.15, 0.2) is 0 Å². The molecule has 1 nitrogen and oxygen atoms in total. The molecule has 1 rings (SSSR count). The summed E-state index contributed by atoms with van der Waals surface area (Å²) in [4.78, 5) is 2.42. The van der Waals surface area contributed by atoms with Crippen molar-refractivity contribution in [1.29, 1.82) is 0 Å². The van der Waals surface area contributed by atoms with E-state index in [4.69, 9.17) is 0 Å². The molecule has 128 valence electrons. The number of unbranched alkanes of at least 4 members (excludes halogenated alkanes) is 2. The zero-order valence-corrected chi connectivity index (χ0v) is 15.4. The van der Waals surface area contributed by atoms with Gasteiger partial charge in [-0.15, -0.1) is 0 Å². The summed E-state index contributed by atoms with van der Waals surface area (Å²) in [5.41, 5.74) is 1.08. The maximum absolute atomic E-state index is 13.1. The van der Waals surface area contributed by atoms with Gasteiger partial charge in [-0.1, -0.05) is 66.0 Å². The molecule has 2 heteroatoms. The van der Waals surface area contributed by atoms with Crippen LogP contribution in [0, 0.1) is 11.7 Å². The first kappa shape index (κ1) is 21.1. The van der Waals surface area contributed by atoms with Gasteiger partial charge < -0.3 is 0 Å². The van der Waals surface area contributed by atoms with Gasteiger partial charge in [-0.05, 0) is 49.5 Å². The van der Waals surface area contributed by atoms with E-state index in [-0.39, 0.29) is 5.82 Å². The lowest BCUT2D eigenvalue weighted by Crippen LogP contribution is -2.25. The van der Waals surface area contributed by atoms with E-state index in [2.05, 4.69) is 39.5 Å². The van der Waals surface area contributed by atoms with Crippen molar-refractivity contribution in [2.24, 2.45) is 5.92 Å². The average Bonchev–Trinajstić information content (AvgIpc) is 2.48. The molecule has 0 aromatic heterocycles. The van der Waals surface area contributed by atoms with Crippen LogP contribution in [0.15, 0.2) is 24.3 Å². The Morgan fingerprint density at radius 2 is 1.68 bits per heavy atom. The van der Waals surface area contributed by atoms with Crippen molar-refractivity contribution in [3.63, 3.8) is 0 Å². The van der Waals surface area contributed by atoms with Crippen LogP contribution in [-0.2, 0) is 6.54 Å². The van der Waals surface area contributed by atoms with Crippen molar-refractivity contribution in [1.82, 2.24) is 4.90 Å². The van der Waals surface area contributed by atoms with Gasteiger partial charge in [0.1, 0.15) is 5.82 Å². The van der Waals surface area contributed by atoms with E-state index in [1.807, 2.05) is 6.07 Å². The average molecular weight is 310 g/mol. The molecule has 0 aliphatic carbocycles. The molecule has 22 heavy (non-hydrogen) atoms. The first-order valence-electron chi connectivity index (χ1n) is 9.00. The van der Waals surface area contributed by atoms with Crippen LogP contribution in [0.1, 0.15) is 72.3 Å². The number of benzene rings is 1. The first-order valence-corrected chi connectivity index (χ1v) is 9.00. The fourth-order valence-electron chi connectivity index (χ4n) is 2.07. The van der Waals surface area contributed by atoms with Crippen LogP contribution in [0.3, 0.4) is 0 Å². The summed E-state index contributed by atoms with van der Waals surface area (Å²) in [6.07, 6.45) is 6.23. The molecule has 0 saturated carbocycles. The fourth-order valence-corrected chi connectivity index (χ4v) is 2.07. The molecular formula is C20H36FN. The van der Waals surface area contributed by atoms with Crippen LogP contribution in [0.5, 0.6) is 0 Å². The molecule has 0 aliphatic heterocycles. The lowest BCUT2D eigenvalue weighted by molar-refractivity contribution is 0.259. The molecule has 1 aromatic rings. The molecular weight excluding hydrogens is 273 g/mol. The highest BCUT2D eigenvalue weighted by Gasteiger charge is 2.05. The predicted molar refractivity (Wildman–Crippen MR) is 96.6 cm³/mol. The Labute approximate surface area is 137 Å². The Morgan fingerprint density at radius 1 is 1.00 bits per heavy atom. The maximum atomic E-state index is 13.1. The predicted octanol–water partition coefficient (Wildman–Crippen LogP) is 6.28. The van der Waals surface area contributed by atoms with Gasteiger partial charge in [0, 0.05) is 6.54 Å². The Balaban J connectivity index is 0.000000763. The van der Waals surface area contributed by atoms with Gasteiger partial charge in [0.05, 0.1) is 0 Å². The molecule has 0 aliphatic rings. The maximum Gasteiger partial charge on any atom is 0.123 e. The van der Waals surface area contributed by atoms with Crippen molar-refractivity contribution >= 4 is 0 Å². The van der Waals surface area contributed by atoms with Crippen LogP contribution in [-0.4, -0.2) is 18.0 Å². The molecule has 0 atom stereocenters. The molecule has 0 radical (unpaired) electrons. The molecule has 0 spiro atoms. The van der Waals surface area contributed by atoms with E-state index < -0.39 is 0 Å². The topological polar surface area (TPSA) is 3.24 Å². The second-order valence-electron chi connectivity index (χ2n) is 6.42. The van der Waals surface area contributed by atoms with Gasteiger partial charge in [0.2, 0.25) is 0 Å². The van der Waals surface area contributed by atoms with E-state index in [1.165, 1.54) is 31.7 Å². The highest BCUT2D eigenvalue weighted by atomic mass is 19.1. The summed E-state index contributed by atoms with van der Waals surface area (Å²) in [6, 6.07) is 6.94. The SMILES string of the molecule is CCC(C)C.CCCCCN(CCC)Cc1cccc(F)c1. The van der Waals surface area contributed by atoms with Crippen molar-refractivity contribution in [3.8, 4) is 0 Å². The number of nitrogens with zero attached hydrogens (tertiary/aromatic N) is 1. The summed E-state index contributed by atoms with van der Waals surface area (Å²) in [7, 11) is 0. The minimum Gasteiger partial charge on any atom is -0.299 e. The number of rotatable bonds is 9. The zero-order valence-electron chi connectivity index (χ0n) is 15.4. The Hall–Kier alpha value is -0.890. The smallest absolute Gasteiger partial charge is 0.123 e. The minimum atomic E-state index is -0.132. The molecule has 0 unspecified atom stereocenters. The molecule has 0 heterocycles. The molecule has 0 saturated heterocycles. The first-order chi connectivity index (χ1) is 10.5. The van der Waals surface area contributed by atoms with E-state index >= 15 is 0 Å². The van der Waals surface area contributed by atoms with Crippen LogP contribution < -0.4 is 0 Å². The molecule has 1 aromatic carbocycles. The summed E-state index contributed by atoms with van der Waals surface area (Å²) < 4.78 is 13.1. The largest absolute Gasteiger partial charge is 0.299 e. The minimum absolute atomic E-state index is 0.132. The van der Waals surface area contributed by atoms with E-state index in [1.54, 1.807) is 12.1 Å². The zero-order chi connectivity index (χ0) is 16.8. The van der Waals surface area contributed by atoms with Crippen molar-refractivity contribution in [2.75, 3.05) is 13.1 Å². The van der Waals surface area contributed by atoms with Gasteiger partial charge in [-0.2, -0.15) is 0 Å². The lowest BCUT2D eigenvalue weighted by atomic mass is 10.2. The van der Waals surface area contributed by atoms with Crippen LogP contribution in [0.2, 0.25) is 0 Å². The van der Waals surface area contributed by atoms with Crippen LogP contribution >= 0.6 is 0 Å². The lowest BCUT2D eigenvalue weighted by Gasteiger charge is -2.21. The monoisotopic (exact) mass is 309 g/mol. The third-order valence-electron chi connectivity index (χ3n) is 3.73. The Kier molecular flexibility index (Phi) is 13.2. The molecule has 0 amide bonds. The molecule has 0 N–H and O–H groups in total. The van der Waals surface area contributed by atoms with Crippen molar-refractivity contribution in [2.45, 2.75) is 73.3 Å². The Bertz CT molecular complexity index is 362. The highest BCUT2D eigenvalue weighted by molar-refractivity contribution is 5.16. The van der Waals surface area contributed by atoms with E-state index in [0.717, 1.165) is 37.5 Å². The van der Waals surface area contributed by atoms with E-state index in [9.17, 15) is 4.39 Å². The second kappa shape index (κ2) is 13.8. The number of hydrogen-bond donors (Lipinski definition) is 0. The van der Waals surface area contributed by atoms with Gasteiger partial charge in [0.25, 0.3) is 0 Å².